The molecule has 0 fully saturated rings. The average Bonchev–Trinajstić information content (AvgIpc) is 2.33. The van der Waals surface area contributed by atoms with Gasteiger partial charge in [0, 0.05) is 13.1 Å². The third-order valence-corrected chi connectivity index (χ3v) is 1.77. The summed E-state index contributed by atoms with van der Waals surface area (Å²) in [6.45, 7) is 3.40. The Bertz CT molecular complexity index is 151. The second kappa shape index (κ2) is 13.8. The lowest BCUT2D eigenvalue weighted by Gasteiger charge is -2.13. The molecule has 0 saturated carbocycles. The van der Waals surface area contributed by atoms with Gasteiger partial charge in [0.15, 0.2) is 0 Å². The molecule has 0 heterocycles. The van der Waals surface area contributed by atoms with E-state index < -0.39 is 6.23 Å². The predicted octanol–water partition coefficient (Wildman–Crippen LogP) is -2.10. The van der Waals surface area contributed by atoms with Gasteiger partial charge >= 0.3 is 0 Å². The molecule has 0 saturated heterocycles. The standard InChI is InChI=1S/C10H24N2O5/c11-1-4-15-7-8-17-9-10(14)12-2-5-16-6-3-13/h10,12-14H,1-9,11H2/t10-/m1/s1. The van der Waals surface area contributed by atoms with Crippen LogP contribution in [0.3, 0.4) is 0 Å². The Balaban J connectivity index is 3.09. The minimum absolute atomic E-state index is 0.00840. The highest BCUT2D eigenvalue weighted by atomic mass is 16.5. The Hall–Kier alpha value is -0.280. The number of rotatable bonds is 13. The van der Waals surface area contributed by atoms with Crippen molar-refractivity contribution in [2.45, 2.75) is 6.23 Å². The molecular formula is C10H24N2O5. The average molecular weight is 252 g/mol. The number of aliphatic hydroxyl groups is 2. The van der Waals surface area contributed by atoms with Crippen LogP contribution in [0, 0.1) is 0 Å². The fraction of sp³-hybridized carbons (Fsp3) is 1.00. The van der Waals surface area contributed by atoms with Gasteiger partial charge < -0.3 is 30.2 Å². The van der Waals surface area contributed by atoms with Gasteiger partial charge in [-0.05, 0) is 0 Å². The van der Waals surface area contributed by atoms with Gasteiger partial charge in [0.2, 0.25) is 0 Å². The zero-order chi connectivity index (χ0) is 12.8. The van der Waals surface area contributed by atoms with Gasteiger partial charge in [-0.3, -0.25) is 5.32 Å². The molecule has 0 amide bonds. The van der Waals surface area contributed by atoms with Gasteiger partial charge in [0.05, 0.1) is 46.2 Å². The Morgan fingerprint density at radius 1 is 1.00 bits per heavy atom. The molecule has 5 N–H and O–H groups in total. The van der Waals surface area contributed by atoms with Crippen molar-refractivity contribution in [3.05, 3.63) is 0 Å². The minimum atomic E-state index is -0.720. The molecular weight excluding hydrogens is 228 g/mol. The highest BCUT2D eigenvalue weighted by molar-refractivity contribution is 4.51. The summed E-state index contributed by atoms with van der Waals surface area (Å²) < 4.78 is 15.3. The third kappa shape index (κ3) is 13.7. The monoisotopic (exact) mass is 252 g/mol. The van der Waals surface area contributed by atoms with Gasteiger partial charge in [-0.1, -0.05) is 0 Å². The quantitative estimate of drug-likeness (QED) is 0.220. The molecule has 0 unspecified atom stereocenters. The van der Waals surface area contributed by atoms with Crippen LogP contribution in [0.1, 0.15) is 0 Å². The summed E-state index contributed by atoms with van der Waals surface area (Å²) in [5, 5.41) is 20.7. The highest BCUT2D eigenvalue weighted by Gasteiger charge is 2.02. The van der Waals surface area contributed by atoms with E-state index in [0.717, 1.165) is 0 Å². The van der Waals surface area contributed by atoms with Crippen molar-refractivity contribution in [2.75, 3.05) is 59.3 Å². The second-order valence-corrected chi connectivity index (χ2v) is 3.28. The highest BCUT2D eigenvalue weighted by Crippen LogP contribution is 1.83. The van der Waals surface area contributed by atoms with Crippen molar-refractivity contribution in [3.8, 4) is 0 Å². The van der Waals surface area contributed by atoms with E-state index >= 15 is 0 Å². The summed E-state index contributed by atoms with van der Waals surface area (Å²) >= 11 is 0. The zero-order valence-electron chi connectivity index (χ0n) is 10.1. The van der Waals surface area contributed by atoms with Crippen LogP contribution in [0.5, 0.6) is 0 Å². The first kappa shape index (κ1) is 16.7. The van der Waals surface area contributed by atoms with Gasteiger partial charge in [0.1, 0.15) is 6.23 Å². The van der Waals surface area contributed by atoms with Crippen molar-refractivity contribution in [1.29, 1.82) is 0 Å². The first-order valence-corrected chi connectivity index (χ1v) is 5.77. The summed E-state index contributed by atoms with van der Waals surface area (Å²) in [5.74, 6) is 0. The van der Waals surface area contributed by atoms with Crippen LogP contribution < -0.4 is 11.1 Å². The molecule has 1 atom stereocenters. The largest absolute Gasteiger partial charge is 0.394 e. The Morgan fingerprint density at radius 2 is 1.71 bits per heavy atom. The minimum Gasteiger partial charge on any atom is -0.394 e. The lowest BCUT2D eigenvalue weighted by atomic mass is 10.5. The van der Waals surface area contributed by atoms with E-state index in [1.165, 1.54) is 0 Å². The lowest BCUT2D eigenvalue weighted by molar-refractivity contribution is -0.00969. The molecule has 7 nitrogen and oxygen atoms in total. The van der Waals surface area contributed by atoms with Crippen molar-refractivity contribution in [1.82, 2.24) is 5.32 Å². The number of hydrogen-bond donors (Lipinski definition) is 4. The molecule has 104 valence electrons. The van der Waals surface area contributed by atoms with Crippen molar-refractivity contribution in [3.63, 3.8) is 0 Å². The van der Waals surface area contributed by atoms with E-state index in [1.54, 1.807) is 0 Å². The number of aliphatic hydroxyl groups excluding tert-OH is 2. The molecule has 0 aliphatic heterocycles. The summed E-state index contributed by atoms with van der Waals surface area (Å²) in [4.78, 5) is 0. The summed E-state index contributed by atoms with van der Waals surface area (Å²) in [6.07, 6.45) is -0.720. The van der Waals surface area contributed by atoms with E-state index in [0.29, 0.717) is 46.1 Å². The molecule has 7 heteroatoms. The van der Waals surface area contributed by atoms with Gasteiger partial charge in [-0.15, -0.1) is 0 Å². The fourth-order valence-corrected chi connectivity index (χ4v) is 1.02. The van der Waals surface area contributed by atoms with Crippen LogP contribution in [0.4, 0.5) is 0 Å². The van der Waals surface area contributed by atoms with Crippen LogP contribution >= 0.6 is 0 Å². The number of hydrogen-bond acceptors (Lipinski definition) is 7. The summed E-state index contributed by atoms with van der Waals surface area (Å²) in [5.41, 5.74) is 5.24. The molecule has 0 bridgehead atoms. The molecule has 0 radical (unpaired) electrons. The van der Waals surface area contributed by atoms with Crippen LogP contribution in [0.2, 0.25) is 0 Å². The zero-order valence-corrected chi connectivity index (χ0v) is 10.1. The van der Waals surface area contributed by atoms with E-state index in [2.05, 4.69) is 5.32 Å². The second-order valence-electron chi connectivity index (χ2n) is 3.28. The van der Waals surface area contributed by atoms with Crippen LogP contribution in [0.25, 0.3) is 0 Å². The maximum atomic E-state index is 9.41. The molecule has 0 aromatic heterocycles. The summed E-state index contributed by atoms with van der Waals surface area (Å²) in [6, 6.07) is 0. The fourth-order valence-electron chi connectivity index (χ4n) is 1.02. The molecule has 0 spiro atoms. The molecule has 17 heavy (non-hydrogen) atoms. The maximum absolute atomic E-state index is 9.41. The Morgan fingerprint density at radius 3 is 2.41 bits per heavy atom. The van der Waals surface area contributed by atoms with Crippen molar-refractivity contribution >= 4 is 0 Å². The van der Waals surface area contributed by atoms with Gasteiger partial charge in [-0.25, -0.2) is 0 Å². The predicted molar refractivity (Wildman–Crippen MR) is 62.6 cm³/mol. The maximum Gasteiger partial charge on any atom is 0.128 e. The van der Waals surface area contributed by atoms with Gasteiger partial charge in [0.25, 0.3) is 0 Å². The SMILES string of the molecule is NCCOCCOC[C@@H](O)NCCOCCO. The van der Waals surface area contributed by atoms with Crippen LogP contribution in [0.15, 0.2) is 0 Å². The van der Waals surface area contributed by atoms with E-state index in [9.17, 15) is 5.11 Å². The molecule has 0 aliphatic carbocycles. The number of nitrogens with one attached hydrogen (secondary N) is 1. The Kier molecular flexibility index (Phi) is 13.6. The van der Waals surface area contributed by atoms with E-state index in [-0.39, 0.29) is 13.2 Å². The van der Waals surface area contributed by atoms with Crippen LogP contribution in [-0.2, 0) is 14.2 Å². The molecule has 0 aliphatic rings. The Labute approximate surface area is 102 Å². The first-order chi connectivity index (χ1) is 8.31. The smallest absolute Gasteiger partial charge is 0.128 e. The van der Waals surface area contributed by atoms with Crippen molar-refractivity contribution in [2.24, 2.45) is 5.73 Å². The summed E-state index contributed by atoms with van der Waals surface area (Å²) in [7, 11) is 0. The van der Waals surface area contributed by atoms with Gasteiger partial charge in [-0.2, -0.15) is 0 Å². The van der Waals surface area contributed by atoms with E-state index in [4.69, 9.17) is 25.1 Å². The number of nitrogens with two attached hydrogens (primary N) is 1. The first-order valence-electron chi connectivity index (χ1n) is 5.77. The normalized spacial score (nSPS) is 12.9. The molecule has 0 aromatic rings. The lowest BCUT2D eigenvalue weighted by Crippen LogP contribution is -2.36. The van der Waals surface area contributed by atoms with Crippen molar-refractivity contribution < 1.29 is 24.4 Å². The third-order valence-electron chi connectivity index (χ3n) is 1.77. The van der Waals surface area contributed by atoms with Crippen LogP contribution in [-0.4, -0.2) is 75.8 Å². The number of ether oxygens (including phenoxy) is 3. The molecule has 0 rings (SSSR count). The topological polar surface area (TPSA) is 106 Å². The molecule has 0 aromatic carbocycles. The van der Waals surface area contributed by atoms with E-state index in [1.807, 2.05) is 0 Å².